The number of benzene rings is 1. The Kier molecular flexibility index (Phi) is 4.59. The molecule has 1 aromatic rings. The molecule has 0 spiro atoms. The summed E-state index contributed by atoms with van der Waals surface area (Å²) in [5.74, 6) is -0.309. The number of halogens is 1. The molecule has 0 heterocycles. The molecule has 96 valence electrons. The highest BCUT2D eigenvalue weighted by Gasteiger charge is 2.21. The summed E-state index contributed by atoms with van der Waals surface area (Å²) in [7, 11) is 0. The molecule has 19 heavy (non-hydrogen) atoms. The predicted molar refractivity (Wildman–Crippen MR) is 77.9 cm³/mol. The summed E-state index contributed by atoms with van der Waals surface area (Å²) in [6.45, 7) is 1.82. The molecule has 0 N–H and O–H groups in total. The predicted octanol–water partition coefficient (Wildman–Crippen LogP) is 3.86. The summed E-state index contributed by atoms with van der Waals surface area (Å²) in [5.41, 5.74) is 7.47. The van der Waals surface area contributed by atoms with Crippen LogP contribution in [0.15, 0.2) is 65.6 Å². The Labute approximate surface area is 120 Å². The lowest BCUT2D eigenvalue weighted by atomic mass is 10.1. The Hall–Kier alpha value is -1.79. The molecule has 0 fully saturated rings. The van der Waals surface area contributed by atoms with Gasteiger partial charge in [0.2, 0.25) is 0 Å². The molecule has 3 heteroatoms. The van der Waals surface area contributed by atoms with E-state index in [9.17, 15) is 4.79 Å². The van der Waals surface area contributed by atoms with Crippen LogP contribution in [0.4, 0.5) is 0 Å². The number of carbonyl (C=O) groups excluding carboxylic acids is 1. The van der Waals surface area contributed by atoms with Crippen LogP contribution in [0.25, 0.3) is 0 Å². The largest absolute Gasteiger partial charge is 0.456 e. The van der Waals surface area contributed by atoms with Gasteiger partial charge in [-0.1, -0.05) is 63.8 Å². The van der Waals surface area contributed by atoms with E-state index in [0.29, 0.717) is 0 Å². The molecule has 0 radical (unpaired) electrons. The maximum atomic E-state index is 12.0. The number of carbonyl (C=O) groups is 1. The lowest BCUT2D eigenvalue weighted by molar-refractivity contribution is -0.145. The summed E-state index contributed by atoms with van der Waals surface area (Å²) < 4.78 is 5.42. The SMILES string of the molecule is CC(OC(=O)C(Br)c1ccccc1)C1=C=C=CC=C1. The van der Waals surface area contributed by atoms with Crippen molar-refractivity contribution in [2.24, 2.45) is 0 Å². The monoisotopic (exact) mass is 316 g/mol. The molecule has 0 bridgehead atoms. The lowest BCUT2D eigenvalue weighted by Crippen LogP contribution is -2.19. The van der Waals surface area contributed by atoms with E-state index in [1.54, 1.807) is 6.08 Å². The van der Waals surface area contributed by atoms with E-state index in [4.69, 9.17) is 4.74 Å². The number of allylic oxidation sites excluding steroid dienone is 2. The van der Waals surface area contributed by atoms with E-state index in [0.717, 1.165) is 11.1 Å². The van der Waals surface area contributed by atoms with Crippen molar-refractivity contribution in [3.63, 3.8) is 0 Å². The van der Waals surface area contributed by atoms with E-state index in [1.807, 2.05) is 49.4 Å². The molecule has 0 aromatic heterocycles. The van der Waals surface area contributed by atoms with Crippen LogP contribution in [-0.2, 0) is 9.53 Å². The zero-order valence-electron chi connectivity index (χ0n) is 10.5. The first-order valence-corrected chi connectivity index (χ1v) is 6.88. The van der Waals surface area contributed by atoms with Crippen molar-refractivity contribution in [1.82, 2.24) is 0 Å². The third-order valence-corrected chi connectivity index (χ3v) is 3.60. The Morgan fingerprint density at radius 3 is 2.68 bits per heavy atom. The summed E-state index contributed by atoms with van der Waals surface area (Å²) in [6.07, 6.45) is 5.13. The Bertz CT molecular complexity index is 588. The van der Waals surface area contributed by atoms with E-state index >= 15 is 0 Å². The van der Waals surface area contributed by atoms with Crippen molar-refractivity contribution in [2.75, 3.05) is 0 Å². The van der Waals surface area contributed by atoms with Gasteiger partial charge in [-0.3, -0.25) is 4.79 Å². The maximum Gasteiger partial charge on any atom is 0.324 e. The number of esters is 1. The van der Waals surface area contributed by atoms with Crippen LogP contribution in [0, 0.1) is 0 Å². The van der Waals surface area contributed by atoms with Crippen molar-refractivity contribution in [3.05, 3.63) is 71.2 Å². The highest BCUT2D eigenvalue weighted by molar-refractivity contribution is 9.09. The van der Waals surface area contributed by atoms with Crippen molar-refractivity contribution in [1.29, 1.82) is 0 Å². The molecule has 1 aliphatic rings. The van der Waals surface area contributed by atoms with Gasteiger partial charge in [-0.2, -0.15) is 0 Å². The number of hydrogen-bond donors (Lipinski definition) is 0. The standard InChI is InChI=1S/C16H13BrO2/c1-12(13-8-4-2-5-9-13)19-16(18)15(17)14-10-6-3-7-11-14/h2-4,6-8,10-12,15H,1H3. The number of alkyl halides is 1. The van der Waals surface area contributed by atoms with Crippen LogP contribution in [0.2, 0.25) is 0 Å². The molecule has 0 saturated carbocycles. The van der Waals surface area contributed by atoms with Crippen LogP contribution in [0.3, 0.4) is 0 Å². The lowest BCUT2D eigenvalue weighted by Gasteiger charge is -2.16. The van der Waals surface area contributed by atoms with E-state index in [1.165, 1.54) is 0 Å². The van der Waals surface area contributed by atoms with Gasteiger partial charge in [-0.25, -0.2) is 0 Å². The summed E-state index contributed by atoms with van der Waals surface area (Å²) in [4.78, 5) is 11.6. The number of ether oxygens (including phenoxy) is 1. The van der Waals surface area contributed by atoms with Crippen molar-refractivity contribution in [2.45, 2.75) is 17.9 Å². The van der Waals surface area contributed by atoms with Gasteiger partial charge in [0, 0.05) is 5.57 Å². The normalized spacial score (nSPS) is 15.8. The van der Waals surface area contributed by atoms with Gasteiger partial charge < -0.3 is 4.74 Å². The fraction of sp³-hybridized carbons (Fsp3) is 0.188. The molecule has 2 nitrogen and oxygen atoms in total. The second kappa shape index (κ2) is 6.40. The maximum absolute atomic E-state index is 12.0. The van der Waals surface area contributed by atoms with Gasteiger partial charge in [0.1, 0.15) is 10.9 Å². The van der Waals surface area contributed by atoms with E-state index in [2.05, 4.69) is 27.4 Å². The molecule has 1 aromatic carbocycles. The highest BCUT2D eigenvalue weighted by Crippen LogP contribution is 2.25. The minimum absolute atomic E-state index is 0.309. The van der Waals surface area contributed by atoms with Gasteiger partial charge in [0.25, 0.3) is 0 Å². The average molecular weight is 317 g/mol. The first-order chi connectivity index (χ1) is 9.18. The van der Waals surface area contributed by atoms with Crippen LogP contribution >= 0.6 is 15.9 Å². The second-order valence-corrected chi connectivity index (χ2v) is 5.02. The molecule has 1 aliphatic carbocycles. The first kappa shape index (κ1) is 13.6. The number of hydrogen-bond acceptors (Lipinski definition) is 2. The fourth-order valence-corrected chi connectivity index (χ4v) is 2.07. The molecule has 0 amide bonds. The van der Waals surface area contributed by atoms with Crippen LogP contribution < -0.4 is 0 Å². The third kappa shape index (κ3) is 3.59. The first-order valence-electron chi connectivity index (χ1n) is 5.96. The molecule has 2 rings (SSSR count). The van der Waals surface area contributed by atoms with Crippen molar-refractivity contribution in [3.8, 4) is 0 Å². The Balaban J connectivity index is 2.04. The van der Waals surface area contributed by atoms with Crippen LogP contribution in [0.5, 0.6) is 0 Å². The zero-order chi connectivity index (χ0) is 13.7. The van der Waals surface area contributed by atoms with Crippen molar-refractivity contribution >= 4 is 21.9 Å². The second-order valence-electron chi connectivity index (χ2n) is 4.10. The summed E-state index contributed by atoms with van der Waals surface area (Å²) in [6, 6.07) is 9.45. The average Bonchev–Trinajstić information content (AvgIpc) is 2.48. The van der Waals surface area contributed by atoms with Gasteiger partial charge in [0.15, 0.2) is 0 Å². The molecule has 2 unspecified atom stereocenters. The van der Waals surface area contributed by atoms with Crippen LogP contribution in [-0.4, -0.2) is 12.1 Å². The quantitative estimate of drug-likeness (QED) is 0.479. The molecular weight excluding hydrogens is 304 g/mol. The van der Waals surface area contributed by atoms with Crippen molar-refractivity contribution < 1.29 is 9.53 Å². The minimum Gasteiger partial charge on any atom is -0.456 e. The smallest absolute Gasteiger partial charge is 0.324 e. The van der Waals surface area contributed by atoms with Gasteiger partial charge in [-0.05, 0) is 24.6 Å². The Morgan fingerprint density at radius 1 is 1.32 bits per heavy atom. The molecule has 0 saturated heterocycles. The zero-order valence-corrected chi connectivity index (χ0v) is 12.1. The summed E-state index contributed by atoms with van der Waals surface area (Å²) in [5, 5.41) is 0. The van der Waals surface area contributed by atoms with E-state index < -0.39 is 4.83 Å². The van der Waals surface area contributed by atoms with Gasteiger partial charge in [0.05, 0.1) is 0 Å². The van der Waals surface area contributed by atoms with E-state index in [-0.39, 0.29) is 12.1 Å². The topological polar surface area (TPSA) is 26.3 Å². The highest BCUT2D eigenvalue weighted by atomic mass is 79.9. The molecular formula is C16H13BrO2. The van der Waals surface area contributed by atoms with Gasteiger partial charge >= 0.3 is 5.97 Å². The number of rotatable bonds is 4. The summed E-state index contributed by atoms with van der Waals surface area (Å²) >= 11 is 3.36. The Morgan fingerprint density at radius 2 is 2.05 bits per heavy atom. The molecule has 0 aliphatic heterocycles. The van der Waals surface area contributed by atoms with Crippen LogP contribution in [0.1, 0.15) is 17.3 Å². The minimum atomic E-state index is -0.455. The third-order valence-electron chi connectivity index (χ3n) is 2.70. The molecule has 2 atom stereocenters. The fourth-order valence-electron chi connectivity index (χ4n) is 1.66. The van der Waals surface area contributed by atoms with Gasteiger partial charge in [-0.15, -0.1) is 0 Å².